The van der Waals surface area contributed by atoms with E-state index in [9.17, 15) is 0 Å². The maximum atomic E-state index is 4.66. The minimum atomic E-state index is 0. The summed E-state index contributed by atoms with van der Waals surface area (Å²) in [6, 6.07) is 0.602. The van der Waals surface area contributed by atoms with Gasteiger partial charge >= 0.3 is 0 Å². The van der Waals surface area contributed by atoms with Crippen LogP contribution < -0.4 is 5.32 Å². The zero-order chi connectivity index (χ0) is 13.1. The van der Waals surface area contributed by atoms with Crippen molar-refractivity contribution < 1.29 is 0 Å². The van der Waals surface area contributed by atoms with E-state index in [1.807, 2.05) is 0 Å². The lowest BCUT2D eigenvalue weighted by Crippen LogP contribution is -2.48. The molecule has 1 saturated heterocycles. The fourth-order valence-electron chi connectivity index (χ4n) is 2.77. The van der Waals surface area contributed by atoms with Crippen molar-refractivity contribution in [3.63, 3.8) is 0 Å². The van der Waals surface area contributed by atoms with Crippen LogP contribution in [0.1, 0.15) is 37.2 Å². The van der Waals surface area contributed by atoms with Crippen LogP contribution >= 0.6 is 12.4 Å². The third kappa shape index (κ3) is 3.94. The molecule has 1 N–H and O–H groups in total. The van der Waals surface area contributed by atoms with Gasteiger partial charge in [0.15, 0.2) is 0 Å². The molecule has 2 rings (SSSR count). The van der Waals surface area contributed by atoms with Gasteiger partial charge in [0.1, 0.15) is 0 Å². The normalized spacial score (nSPS) is 20.3. The molecule has 0 aliphatic carbocycles. The summed E-state index contributed by atoms with van der Waals surface area (Å²) in [4.78, 5) is 2.54. The number of rotatable bonds is 4. The van der Waals surface area contributed by atoms with Gasteiger partial charge in [-0.15, -0.1) is 12.4 Å². The molecule has 1 fully saturated rings. The molecular weight excluding hydrogens is 260 g/mol. The molecule has 2 heterocycles. The minimum Gasteiger partial charge on any atom is -0.312 e. The van der Waals surface area contributed by atoms with Crippen LogP contribution in [0.5, 0.6) is 0 Å². The smallest absolute Gasteiger partial charge is 0.0641 e. The second-order valence-electron chi connectivity index (χ2n) is 5.46. The number of nitrogens with zero attached hydrogens (tertiary/aromatic N) is 3. The van der Waals surface area contributed by atoms with E-state index in [1.54, 1.807) is 0 Å². The van der Waals surface area contributed by atoms with E-state index in [2.05, 4.69) is 47.7 Å². The van der Waals surface area contributed by atoms with Crippen LogP contribution in [0.25, 0.3) is 0 Å². The van der Waals surface area contributed by atoms with E-state index in [0.29, 0.717) is 6.04 Å². The van der Waals surface area contributed by atoms with Crippen molar-refractivity contribution >= 4 is 12.4 Å². The first-order chi connectivity index (χ1) is 8.61. The molecule has 5 heteroatoms. The molecular formula is C14H27ClN4. The Hall–Kier alpha value is -0.580. The summed E-state index contributed by atoms with van der Waals surface area (Å²) in [6.07, 6.45) is 1.14. The zero-order valence-corrected chi connectivity index (χ0v) is 13.4. The third-order valence-electron chi connectivity index (χ3n) is 3.80. The molecule has 0 saturated carbocycles. The lowest BCUT2D eigenvalue weighted by molar-refractivity contribution is 0.199. The van der Waals surface area contributed by atoms with Gasteiger partial charge in [0.2, 0.25) is 0 Å². The first kappa shape index (κ1) is 16.5. The summed E-state index contributed by atoms with van der Waals surface area (Å²) in [6.45, 7) is 14.3. The minimum absolute atomic E-state index is 0. The van der Waals surface area contributed by atoms with Crippen molar-refractivity contribution in [3.8, 4) is 0 Å². The molecule has 1 aliphatic rings. The highest BCUT2D eigenvalue weighted by molar-refractivity contribution is 5.85. The number of aromatic nitrogens is 2. The third-order valence-corrected chi connectivity index (χ3v) is 3.80. The molecule has 0 bridgehead atoms. The summed E-state index contributed by atoms with van der Waals surface area (Å²) in [5.74, 6) is 0. The first-order valence-corrected chi connectivity index (χ1v) is 7.10. The molecule has 110 valence electrons. The molecule has 1 atom stereocenters. The van der Waals surface area contributed by atoms with Crippen molar-refractivity contribution in [2.75, 3.05) is 19.6 Å². The molecule has 0 amide bonds. The summed E-state index contributed by atoms with van der Waals surface area (Å²) in [5.41, 5.74) is 3.98. The van der Waals surface area contributed by atoms with Gasteiger partial charge in [-0.25, -0.2) is 0 Å². The molecule has 0 radical (unpaired) electrons. The zero-order valence-electron chi connectivity index (χ0n) is 12.6. The highest BCUT2D eigenvalue weighted by Gasteiger charge is 2.19. The van der Waals surface area contributed by atoms with Crippen LogP contribution in [0.2, 0.25) is 0 Å². The van der Waals surface area contributed by atoms with Crippen LogP contribution in [-0.2, 0) is 13.1 Å². The Morgan fingerprint density at radius 1 is 1.37 bits per heavy atom. The van der Waals surface area contributed by atoms with Crippen molar-refractivity contribution in [2.24, 2.45) is 0 Å². The lowest BCUT2D eigenvalue weighted by Gasteiger charge is -2.31. The SMILES string of the molecule is CCCn1nc(C)c(CN2CCNC(C)C2)c1C.Cl. The number of nitrogens with one attached hydrogen (secondary N) is 1. The Balaban J connectivity index is 0.00000180. The fourth-order valence-corrected chi connectivity index (χ4v) is 2.77. The van der Waals surface area contributed by atoms with Crippen LogP contribution in [0.4, 0.5) is 0 Å². The Kier molecular flexibility index (Phi) is 6.30. The predicted octanol–water partition coefficient (Wildman–Crippen LogP) is 2.13. The van der Waals surface area contributed by atoms with Gasteiger partial charge < -0.3 is 5.32 Å². The molecule has 1 aromatic heterocycles. The maximum absolute atomic E-state index is 4.66. The van der Waals surface area contributed by atoms with Crippen molar-refractivity contribution in [1.82, 2.24) is 20.0 Å². The van der Waals surface area contributed by atoms with E-state index in [1.165, 1.54) is 17.0 Å². The Bertz CT molecular complexity index is 402. The number of hydrogen-bond acceptors (Lipinski definition) is 3. The highest BCUT2D eigenvalue weighted by Crippen LogP contribution is 2.16. The van der Waals surface area contributed by atoms with Crippen molar-refractivity contribution in [2.45, 2.75) is 53.2 Å². The summed E-state index contributed by atoms with van der Waals surface area (Å²) < 4.78 is 2.16. The summed E-state index contributed by atoms with van der Waals surface area (Å²) >= 11 is 0. The topological polar surface area (TPSA) is 33.1 Å². The standard InChI is InChI=1S/C14H26N4.ClH/c1-5-7-18-13(4)14(12(3)16-18)10-17-8-6-15-11(2)9-17;/h11,15H,5-10H2,1-4H3;1H. The Morgan fingerprint density at radius 3 is 2.74 bits per heavy atom. The maximum Gasteiger partial charge on any atom is 0.0641 e. The number of aryl methyl sites for hydroxylation is 2. The number of piperazine rings is 1. The summed E-state index contributed by atoms with van der Waals surface area (Å²) in [7, 11) is 0. The van der Waals surface area contributed by atoms with Gasteiger partial charge in [0.05, 0.1) is 5.69 Å². The van der Waals surface area contributed by atoms with Gasteiger partial charge in [-0.1, -0.05) is 6.92 Å². The second-order valence-corrected chi connectivity index (χ2v) is 5.46. The van der Waals surface area contributed by atoms with E-state index >= 15 is 0 Å². The second kappa shape index (κ2) is 7.27. The van der Waals surface area contributed by atoms with Gasteiger partial charge in [0.25, 0.3) is 0 Å². The quantitative estimate of drug-likeness (QED) is 0.920. The molecule has 19 heavy (non-hydrogen) atoms. The Morgan fingerprint density at radius 2 is 2.11 bits per heavy atom. The van der Waals surface area contributed by atoms with Crippen molar-refractivity contribution in [1.29, 1.82) is 0 Å². The molecule has 0 spiro atoms. The highest BCUT2D eigenvalue weighted by atomic mass is 35.5. The van der Waals surface area contributed by atoms with Gasteiger partial charge in [0, 0.05) is 50.0 Å². The number of hydrogen-bond donors (Lipinski definition) is 1. The van der Waals surface area contributed by atoms with Crippen LogP contribution in [-0.4, -0.2) is 40.4 Å². The van der Waals surface area contributed by atoms with E-state index in [0.717, 1.165) is 39.1 Å². The monoisotopic (exact) mass is 286 g/mol. The van der Waals surface area contributed by atoms with Crippen molar-refractivity contribution in [3.05, 3.63) is 17.0 Å². The van der Waals surface area contributed by atoms with Crippen LogP contribution in [0.15, 0.2) is 0 Å². The van der Waals surface area contributed by atoms with Crippen LogP contribution in [0, 0.1) is 13.8 Å². The first-order valence-electron chi connectivity index (χ1n) is 7.10. The Labute approximate surface area is 123 Å². The van der Waals surface area contributed by atoms with Gasteiger partial charge in [-0.3, -0.25) is 9.58 Å². The van der Waals surface area contributed by atoms with E-state index < -0.39 is 0 Å². The van der Waals surface area contributed by atoms with Crippen LogP contribution in [0.3, 0.4) is 0 Å². The predicted molar refractivity (Wildman–Crippen MR) is 82.0 cm³/mol. The average molecular weight is 287 g/mol. The molecule has 1 unspecified atom stereocenters. The summed E-state index contributed by atoms with van der Waals surface area (Å²) in [5, 5.41) is 8.15. The largest absolute Gasteiger partial charge is 0.312 e. The molecule has 4 nitrogen and oxygen atoms in total. The van der Waals surface area contributed by atoms with Gasteiger partial charge in [-0.2, -0.15) is 5.10 Å². The molecule has 1 aliphatic heterocycles. The molecule has 0 aromatic carbocycles. The number of halogens is 1. The van der Waals surface area contributed by atoms with Gasteiger partial charge in [-0.05, 0) is 27.2 Å². The fraction of sp³-hybridized carbons (Fsp3) is 0.786. The molecule has 1 aromatic rings. The lowest BCUT2D eigenvalue weighted by atomic mass is 10.1. The average Bonchev–Trinajstić information content (AvgIpc) is 2.58. The van der Waals surface area contributed by atoms with E-state index in [-0.39, 0.29) is 12.4 Å². The van der Waals surface area contributed by atoms with E-state index in [4.69, 9.17) is 0 Å².